The van der Waals surface area contributed by atoms with Crippen molar-refractivity contribution in [2.24, 2.45) is 11.7 Å². The number of methoxy groups -OCH3 is 2. The van der Waals surface area contributed by atoms with Gasteiger partial charge in [-0.3, -0.25) is 14.5 Å². The molecule has 1 heterocycles. The molecule has 2 rings (SSSR count). The second-order valence-electron chi connectivity index (χ2n) is 6.38. The van der Waals surface area contributed by atoms with Gasteiger partial charge < -0.3 is 20.1 Å². The number of piperidine rings is 1. The van der Waals surface area contributed by atoms with E-state index in [0.29, 0.717) is 24.6 Å². The molecule has 0 radical (unpaired) electrons. The van der Waals surface area contributed by atoms with Crippen LogP contribution in [0.5, 0.6) is 11.5 Å². The van der Waals surface area contributed by atoms with Gasteiger partial charge in [0.1, 0.15) is 0 Å². The molecule has 0 aromatic heterocycles. The third kappa shape index (κ3) is 4.85. The van der Waals surface area contributed by atoms with Crippen molar-refractivity contribution in [3.05, 3.63) is 23.8 Å². The number of amides is 2. The molecule has 1 aliphatic heterocycles. The molecule has 1 saturated heterocycles. The second kappa shape index (κ2) is 8.71. The van der Waals surface area contributed by atoms with E-state index in [1.165, 1.54) is 0 Å². The van der Waals surface area contributed by atoms with Crippen LogP contribution in [0.15, 0.2) is 18.2 Å². The number of ether oxygens (including phenoxy) is 2. The minimum Gasteiger partial charge on any atom is -0.493 e. The van der Waals surface area contributed by atoms with Gasteiger partial charge in [-0.25, -0.2) is 0 Å². The normalized spacial score (nSPS) is 17.8. The van der Waals surface area contributed by atoms with E-state index >= 15 is 0 Å². The van der Waals surface area contributed by atoms with Gasteiger partial charge in [0.25, 0.3) is 0 Å². The first-order valence-corrected chi connectivity index (χ1v) is 8.41. The van der Waals surface area contributed by atoms with Crippen molar-refractivity contribution in [3.8, 4) is 11.5 Å². The highest BCUT2D eigenvalue weighted by Gasteiger charge is 2.26. The Bertz CT molecular complexity index is 620. The molecule has 7 heteroatoms. The Morgan fingerprint density at radius 1 is 1.32 bits per heavy atom. The van der Waals surface area contributed by atoms with Crippen molar-refractivity contribution in [2.75, 3.05) is 40.9 Å². The van der Waals surface area contributed by atoms with E-state index in [0.717, 1.165) is 24.9 Å². The summed E-state index contributed by atoms with van der Waals surface area (Å²) in [6.07, 6.45) is 1.69. The van der Waals surface area contributed by atoms with E-state index in [4.69, 9.17) is 15.2 Å². The summed E-state index contributed by atoms with van der Waals surface area (Å²) in [7, 11) is 4.93. The molecule has 0 bridgehead atoms. The highest BCUT2D eigenvalue weighted by atomic mass is 16.5. The number of rotatable bonds is 7. The minimum atomic E-state index is -0.286. The lowest BCUT2D eigenvalue weighted by molar-refractivity contribution is -0.133. The van der Waals surface area contributed by atoms with Crippen LogP contribution in [0.3, 0.4) is 0 Å². The van der Waals surface area contributed by atoms with E-state index in [1.54, 1.807) is 26.2 Å². The van der Waals surface area contributed by atoms with Crippen molar-refractivity contribution in [3.63, 3.8) is 0 Å². The third-order valence-electron chi connectivity index (χ3n) is 4.58. The Morgan fingerprint density at radius 2 is 2.08 bits per heavy atom. The first-order valence-electron chi connectivity index (χ1n) is 8.41. The van der Waals surface area contributed by atoms with Crippen molar-refractivity contribution in [1.82, 2.24) is 9.80 Å². The summed E-state index contributed by atoms with van der Waals surface area (Å²) in [6.45, 7) is 2.07. The number of nitrogens with zero attached hydrogens (tertiary/aromatic N) is 2. The smallest absolute Gasteiger partial charge is 0.236 e. The van der Waals surface area contributed by atoms with E-state index < -0.39 is 0 Å². The number of hydrogen-bond donors (Lipinski definition) is 1. The molecule has 0 unspecified atom stereocenters. The Labute approximate surface area is 148 Å². The fourth-order valence-electron chi connectivity index (χ4n) is 3.17. The second-order valence-corrected chi connectivity index (χ2v) is 6.38. The van der Waals surface area contributed by atoms with Crippen molar-refractivity contribution >= 4 is 11.8 Å². The number of primary amides is 1. The fraction of sp³-hybridized carbons (Fsp3) is 0.556. The molecular weight excluding hydrogens is 322 g/mol. The highest BCUT2D eigenvalue weighted by Crippen LogP contribution is 2.31. The van der Waals surface area contributed by atoms with Crippen LogP contribution in [0.2, 0.25) is 0 Å². The number of hydrogen-bond acceptors (Lipinski definition) is 5. The van der Waals surface area contributed by atoms with Gasteiger partial charge in [0, 0.05) is 25.7 Å². The molecule has 1 atom stereocenters. The average Bonchev–Trinajstić information content (AvgIpc) is 2.61. The van der Waals surface area contributed by atoms with Crippen LogP contribution in [0, 0.1) is 5.92 Å². The molecule has 2 amide bonds. The van der Waals surface area contributed by atoms with Crippen molar-refractivity contribution < 1.29 is 19.1 Å². The van der Waals surface area contributed by atoms with Crippen LogP contribution >= 0.6 is 0 Å². The molecule has 0 saturated carbocycles. The molecule has 1 aliphatic rings. The lowest BCUT2D eigenvalue weighted by Gasteiger charge is -2.31. The molecule has 2 N–H and O–H groups in total. The molecule has 0 aliphatic carbocycles. The zero-order chi connectivity index (χ0) is 18.4. The quantitative estimate of drug-likeness (QED) is 0.789. The van der Waals surface area contributed by atoms with Crippen LogP contribution in [0.1, 0.15) is 18.4 Å². The zero-order valence-corrected chi connectivity index (χ0v) is 15.2. The molecular formula is C18H27N3O4. The van der Waals surface area contributed by atoms with E-state index in [2.05, 4.69) is 0 Å². The van der Waals surface area contributed by atoms with Gasteiger partial charge in [-0.15, -0.1) is 0 Å². The summed E-state index contributed by atoms with van der Waals surface area (Å²) in [5.74, 6) is 0.824. The topological polar surface area (TPSA) is 85.1 Å². The summed E-state index contributed by atoms with van der Waals surface area (Å²) in [5.41, 5.74) is 6.28. The summed E-state index contributed by atoms with van der Waals surface area (Å²) >= 11 is 0. The molecule has 138 valence electrons. The number of para-hydroxylation sites is 1. The van der Waals surface area contributed by atoms with Gasteiger partial charge in [0.2, 0.25) is 11.8 Å². The van der Waals surface area contributed by atoms with Gasteiger partial charge >= 0.3 is 0 Å². The average molecular weight is 349 g/mol. The first-order chi connectivity index (χ1) is 12.0. The predicted molar refractivity (Wildman–Crippen MR) is 94.4 cm³/mol. The number of likely N-dealkylation sites (N-methyl/N-ethyl adjacent to an activating group) is 1. The molecule has 7 nitrogen and oxygen atoms in total. The van der Waals surface area contributed by atoms with Crippen molar-refractivity contribution in [2.45, 2.75) is 19.4 Å². The molecule has 1 aromatic carbocycles. The van der Waals surface area contributed by atoms with Gasteiger partial charge in [-0.05, 0) is 25.5 Å². The van der Waals surface area contributed by atoms with Gasteiger partial charge in [0.05, 0.1) is 26.7 Å². The number of nitrogens with two attached hydrogens (primary N) is 1. The zero-order valence-electron chi connectivity index (χ0n) is 15.2. The maximum atomic E-state index is 12.5. The number of carbonyl (C=O) groups is 2. The number of likely N-dealkylation sites (tertiary alicyclic amines) is 1. The Balaban J connectivity index is 1.98. The van der Waals surface area contributed by atoms with E-state index in [9.17, 15) is 9.59 Å². The Hall–Kier alpha value is -2.28. The molecule has 1 aromatic rings. The summed E-state index contributed by atoms with van der Waals surface area (Å²) < 4.78 is 10.7. The molecule has 0 spiro atoms. The SMILES string of the molecule is COc1cccc(CN(C)C(=O)CN2CCC[C@@H](C(N)=O)C2)c1OC. The van der Waals surface area contributed by atoms with Crippen molar-refractivity contribution in [1.29, 1.82) is 0 Å². The third-order valence-corrected chi connectivity index (χ3v) is 4.58. The van der Waals surface area contributed by atoms with Crippen LogP contribution in [0.4, 0.5) is 0 Å². The monoisotopic (exact) mass is 349 g/mol. The lowest BCUT2D eigenvalue weighted by atomic mass is 9.97. The fourth-order valence-corrected chi connectivity index (χ4v) is 3.17. The maximum Gasteiger partial charge on any atom is 0.236 e. The highest BCUT2D eigenvalue weighted by molar-refractivity contribution is 5.79. The van der Waals surface area contributed by atoms with Crippen LogP contribution in [-0.2, 0) is 16.1 Å². The minimum absolute atomic E-state index is 0.00464. The predicted octanol–water partition coefficient (Wildman–Crippen LogP) is 0.860. The van der Waals surface area contributed by atoms with Crippen LogP contribution in [-0.4, -0.2) is 62.5 Å². The van der Waals surface area contributed by atoms with Crippen LogP contribution in [0.25, 0.3) is 0 Å². The Kier molecular flexibility index (Phi) is 6.64. The number of benzene rings is 1. The number of carbonyl (C=O) groups excluding carboxylic acids is 2. The largest absolute Gasteiger partial charge is 0.493 e. The van der Waals surface area contributed by atoms with Gasteiger partial charge in [0.15, 0.2) is 11.5 Å². The summed E-state index contributed by atoms with van der Waals surface area (Å²) in [5, 5.41) is 0. The van der Waals surface area contributed by atoms with E-state index in [-0.39, 0.29) is 24.3 Å². The molecule has 1 fully saturated rings. The molecule has 25 heavy (non-hydrogen) atoms. The standard InChI is InChI=1S/C18H27N3O4/c1-20(10-13-6-4-8-15(24-2)17(13)25-3)16(22)12-21-9-5-7-14(11-21)18(19)23/h4,6,8,14H,5,7,9-12H2,1-3H3,(H2,19,23)/t14-/m1/s1. The maximum absolute atomic E-state index is 12.5. The van der Waals surface area contributed by atoms with Gasteiger partial charge in [-0.2, -0.15) is 0 Å². The van der Waals surface area contributed by atoms with E-state index in [1.807, 2.05) is 23.1 Å². The Morgan fingerprint density at radius 3 is 2.72 bits per heavy atom. The summed E-state index contributed by atoms with van der Waals surface area (Å²) in [6, 6.07) is 5.61. The first kappa shape index (κ1) is 19.1. The van der Waals surface area contributed by atoms with Crippen LogP contribution < -0.4 is 15.2 Å². The van der Waals surface area contributed by atoms with Gasteiger partial charge in [-0.1, -0.05) is 12.1 Å². The lowest BCUT2D eigenvalue weighted by Crippen LogP contribution is -2.45. The summed E-state index contributed by atoms with van der Waals surface area (Å²) in [4.78, 5) is 27.6.